The van der Waals surface area contributed by atoms with Crippen molar-refractivity contribution >= 4 is 17.1 Å². The highest BCUT2D eigenvalue weighted by Crippen LogP contribution is 2.44. The molecular weight excluding hydrogens is 256 g/mol. The molecule has 0 N–H and O–H groups in total. The van der Waals surface area contributed by atoms with E-state index in [0.717, 1.165) is 35.3 Å². The molecule has 0 amide bonds. The van der Waals surface area contributed by atoms with E-state index in [-0.39, 0.29) is 5.92 Å². The maximum Gasteiger partial charge on any atom is 0.179 e. The number of hydrogen-bond acceptors (Lipinski definition) is 3. The van der Waals surface area contributed by atoms with Crippen LogP contribution in [0.2, 0.25) is 0 Å². The number of fused-ring (bicyclic) bond motifs is 1. The fraction of sp³-hybridized carbons (Fsp3) is 0.688. The van der Waals surface area contributed by atoms with E-state index in [0.29, 0.717) is 5.78 Å². The zero-order valence-electron chi connectivity index (χ0n) is 11.6. The monoisotopic (exact) mass is 278 g/mol. The smallest absolute Gasteiger partial charge is 0.179 e. The van der Waals surface area contributed by atoms with Gasteiger partial charge in [-0.25, -0.2) is 0 Å². The molecule has 104 valence electrons. The van der Waals surface area contributed by atoms with Gasteiger partial charge < -0.3 is 4.74 Å². The number of carbonyl (C=O) groups is 1. The van der Waals surface area contributed by atoms with Crippen LogP contribution in [0.1, 0.15) is 54.6 Å². The number of carbonyl (C=O) groups excluding carboxylic acids is 1. The van der Waals surface area contributed by atoms with Crippen LogP contribution in [0.5, 0.6) is 5.75 Å². The summed E-state index contributed by atoms with van der Waals surface area (Å²) in [7, 11) is 1.65. The van der Waals surface area contributed by atoms with Gasteiger partial charge in [0.15, 0.2) is 5.78 Å². The highest BCUT2D eigenvalue weighted by atomic mass is 32.1. The molecule has 1 aromatic heterocycles. The second kappa shape index (κ2) is 5.66. The molecule has 2 aliphatic carbocycles. The standard InChI is InChI=1S/C16H22O2S/c1-18-14-8-9-19-16(14)15(17)13-7-6-11-4-2-3-5-12(11)10-13/h8-9,11-13H,2-7,10H2,1H3. The zero-order chi connectivity index (χ0) is 13.2. The number of ether oxygens (including phenoxy) is 1. The van der Waals surface area contributed by atoms with E-state index in [2.05, 4.69) is 0 Å². The minimum absolute atomic E-state index is 0.242. The Morgan fingerprint density at radius 2 is 2.00 bits per heavy atom. The first-order chi connectivity index (χ1) is 9.29. The maximum absolute atomic E-state index is 12.6. The molecule has 2 nitrogen and oxygen atoms in total. The minimum atomic E-state index is 0.242. The molecule has 2 saturated carbocycles. The largest absolute Gasteiger partial charge is 0.495 e. The molecule has 1 heterocycles. The topological polar surface area (TPSA) is 26.3 Å². The van der Waals surface area contributed by atoms with Crippen LogP contribution in [0.4, 0.5) is 0 Å². The van der Waals surface area contributed by atoms with Crippen LogP contribution in [0.15, 0.2) is 11.4 Å². The van der Waals surface area contributed by atoms with E-state index in [1.54, 1.807) is 7.11 Å². The molecule has 19 heavy (non-hydrogen) atoms. The van der Waals surface area contributed by atoms with Crippen LogP contribution in [0, 0.1) is 17.8 Å². The van der Waals surface area contributed by atoms with Crippen LogP contribution in [-0.4, -0.2) is 12.9 Å². The summed E-state index contributed by atoms with van der Waals surface area (Å²) >= 11 is 1.53. The number of Topliss-reactive ketones (excluding diaryl/α,β-unsaturated/α-hetero) is 1. The molecule has 0 bridgehead atoms. The lowest BCUT2D eigenvalue weighted by atomic mass is 9.66. The van der Waals surface area contributed by atoms with Crippen LogP contribution in [-0.2, 0) is 0 Å². The fourth-order valence-corrected chi connectivity index (χ4v) is 4.81. The van der Waals surface area contributed by atoms with E-state index in [9.17, 15) is 4.79 Å². The summed E-state index contributed by atoms with van der Waals surface area (Å²) in [6, 6.07) is 1.91. The Morgan fingerprint density at radius 3 is 2.79 bits per heavy atom. The predicted molar refractivity (Wildman–Crippen MR) is 78.0 cm³/mol. The molecule has 3 atom stereocenters. The Morgan fingerprint density at radius 1 is 1.21 bits per heavy atom. The first-order valence-electron chi connectivity index (χ1n) is 7.45. The molecular formula is C16H22O2S. The number of rotatable bonds is 3. The molecule has 0 saturated heterocycles. The summed E-state index contributed by atoms with van der Waals surface area (Å²) in [6.07, 6.45) is 8.97. The molecule has 0 radical (unpaired) electrons. The SMILES string of the molecule is COc1ccsc1C(=O)C1CCC2CCCCC2C1. The van der Waals surface area contributed by atoms with Gasteiger partial charge in [-0.1, -0.05) is 25.7 Å². The van der Waals surface area contributed by atoms with Crippen LogP contribution >= 0.6 is 11.3 Å². The van der Waals surface area contributed by atoms with Gasteiger partial charge in [-0.05, 0) is 42.5 Å². The Balaban J connectivity index is 1.71. The number of thiophene rings is 1. The van der Waals surface area contributed by atoms with E-state index in [1.165, 1.54) is 43.4 Å². The molecule has 1 aromatic rings. The third-order valence-electron chi connectivity index (χ3n) is 4.98. The van der Waals surface area contributed by atoms with Crippen molar-refractivity contribution in [2.75, 3.05) is 7.11 Å². The summed E-state index contributed by atoms with van der Waals surface area (Å²) in [5, 5.41) is 1.96. The minimum Gasteiger partial charge on any atom is -0.495 e. The van der Waals surface area contributed by atoms with Crippen LogP contribution in [0.3, 0.4) is 0 Å². The maximum atomic E-state index is 12.6. The third-order valence-corrected chi connectivity index (χ3v) is 5.89. The molecule has 0 aliphatic heterocycles. The van der Waals surface area contributed by atoms with Crippen molar-refractivity contribution in [3.8, 4) is 5.75 Å². The normalized spacial score (nSPS) is 30.7. The lowest BCUT2D eigenvalue weighted by Crippen LogP contribution is -2.31. The van der Waals surface area contributed by atoms with E-state index in [4.69, 9.17) is 4.74 Å². The summed E-state index contributed by atoms with van der Waals surface area (Å²) in [6.45, 7) is 0. The first-order valence-corrected chi connectivity index (χ1v) is 8.33. The second-order valence-electron chi connectivity index (χ2n) is 6.00. The average Bonchev–Trinajstić information content (AvgIpc) is 2.94. The van der Waals surface area contributed by atoms with Gasteiger partial charge in [0.2, 0.25) is 0 Å². The van der Waals surface area contributed by atoms with Crippen molar-refractivity contribution in [2.45, 2.75) is 44.9 Å². The molecule has 3 heteroatoms. The lowest BCUT2D eigenvalue weighted by Gasteiger charge is -2.38. The molecule has 2 fully saturated rings. The van der Waals surface area contributed by atoms with E-state index in [1.807, 2.05) is 11.4 Å². The van der Waals surface area contributed by atoms with Crippen molar-refractivity contribution in [1.82, 2.24) is 0 Å². The number of methoxy groups -OCH3 is 1. The van der Waals surface area contributed by atoms with Crippen molar-refractivity contribution in [3.63, 3.8) is 0 Å². The predicted octanol–water partition coefficient (Wildman–Crippen LogP) is 4.55. The van der Waals surface area contributed by atoms with Gasteiger partial charge in [0.25, 0.3) is 0 Å². The van der Waals surface area contributed by atoms with Crippen molar-refractivity contribution in [1.29, 1.82) is 0 Å². The molecule has 0 spiro atoms. The summed E-state index contributed by atoms with van der Waals surface area (Å²) in [5.74, 6) is 3.05. The van der Waals surface area contributed by atoms with Gasteiger partial charge in [-0.3, -0.25) is 4.79 Å². The third kappa shape index (κ3) is 2.58. The summed E-state index contributed by atoms with van der Waals surface area (Å²) < 4.78 is 5.29. The fourth-order valence-electron chi connectivity index (χ4n) is 3.93. The van der Waals surface area contributed by atoms with Crippen LogP contribution in [0.25, 0.3) is 0 Å². The average molecular weight is 278 g/mol. The summed E-state index contributed by atoms with van der Waals surface area (Å²) in [4.78, 5) is 13.5. The lowest BCUT2D eigenvalue weighted by molar-refractivity contribution is 0.0765. The first kappa shape index (κ1) is 13.2. The van der Waals surface area contributed by atoms with Crippen LogP contribution < -0.4 is 4.74 Å². The van der Waals surface area contributed by atoms with Crippen molar-refractivity contribution in [3.05, 3.63) is 16.3 Å². The van der Waals surface area contributed by atoms with Gasteiger partial charge in [0.1, 0.15) is 10.6 Å². The summed E-state index contributed by atoms with van der Waals surface area (Å²) in [5.41, 5.74) is 0. The highest BCUT2D eigenvalue weighted by Gasteiger charge is 2.36. The quantitative estimate of drug-likeness (QED) is 0.758. The zero-order valence-corrected chi connectivity index (χ0v) is 12.4. The Bertz CT molecular complexity index is 451. The Hall–Kier alpha value is -0.830. The molecule has 3 rings (SSSR count). The van der Waals surface area contributed by atoms with E-state index >= 15 is 0 Å². The molecule has 0 aromatic carbocycles. The van der Waals surface area contributed by atoms with Crippen molar-refractivity contribution < 1.29 is 9.53 Å². The highest BCUT2D eigenvalue weighted by molar-refractivity contribution is 7.12. The second-order valence-corrected chi connectivity index (χ2v) is 6.91. The van der Waals surface area contributed by atoms with Gasteiger partial charge in [-0.2, -0.15) is 0 Å². The van der Waals surface area contributed by atoms with Crippen molar-refractivity contribution in [2.24, 2.45) is 17.8 Å². The molecule has 2 aliphatic rings. The number of ketones is 1. The van der Waals surface area contributed by atoms with Gasteiger partial charge in [-0.15, -0.1) is 11.3 Å². The number of hydrogen-bond donors (Lipinski definition) is 0. The van der Waals surface area contributed by atoms with Gasteiger partial charge >= 0.3 is 0 Å². The Labute approximate surface area is 119 Å². The van der Waals surface area contributed by atoms with E-state index < -0.39 is 0 Å². The molecule has 3 unspecified atom stereocenters. The van der Waals surface area contributed by atoms with Gasteiger partial charge in [0.05, 0.1) is 7.11 Å². The Kier molecular flexibility index (Phi) is 3.92. The van der Waals surface area contributed by atoms with Gasteiger partial charge in [0, 0.05) is 5.92 Å².